The van der Waals surface area contributed by atoms with Gasteiger partial charge in [-0.15, -0.1) is 0 Å². The highest BCUT2D eigenvalue weighted by Crippen LogP contribution is 1.98. The zero-order chi connectivity index (χ0) is 12.9. The standard InChI is InChI=1S/C13H29NO3/c1-12(2)13(3)14-6-9-17-11-10-16-8-5-7-15-4/h12-14H,5-11H2,1-4H3. The molecule has 0 aliphatic heterocycles. The maximum Gasteiger partial charge on any atom is 0.0701 e. The number of ether oxygens (including phenoxy) is 3. The third-order valence-corrected chi connectivity index (χ3v) is 2.72. The molecule has 0 aliphatic rings. The van der Waals surface area contributed by atoms with E-state index in [0.717, 1.165) is 32.8 Å². The molecule has 104 valence electrons. The van der Waals surface area contributed by atoms with Crippen LogP contribution in [-0.4, -0.2) is 52.7 Å². The molecule has 0 aromatic rings. The molecule has 0 saturated heterocycles. The molecule has 0 aliphatic carbocycles. The van der Waals surface area contributed by atoms with E-state index in [4.69, 9.17) is 14.2 Å². The lowest BCUT2D eigenvalue weighted by Gasteiger charge is -2.17. The maximum absolute atomic E-state index is 5.45. The van der Waals surface area contributed by atoms with Crippen LogP contribution in [0.4, 0.5) is 0 Å². The van der Waals surface area contributed by atoms with Crippen molar-refractivity contribution in [3.8, 4) is 0 Å². The summed E-state index contributed by atoms with van der Waals surface area (Å²) in [6.45, 7) is 11.1. The predicted octanol–water partition coefficient (Wildman–Crippen LogP) is 1.69. The number of nitrogens with one attached hydrogen (secondary N) is 1. The van der Waals surface area contributed by atoms with Crippen LogP contribution >= 0.6 is 0 Å². The van der Waals surface area contributed by atoms with Gasteiger partial charge >= 0.3 is 0 Å². The molecule has 0 saturated carbocycles. The summed E-state index contributed by atoms with van der Waals surface area (Å²) in [5.74, 6) is 0.666. The third kappa shape index (κ3) is 12.1. The molecule has 1 atom stereocenters. The van der Waals surface area contributed by atoms with Gasteiger partial charge in [0.15, 0.2) is 0 Å². The minimum atomic E-state index is 0.545. The van der Waals surface area contributed by atoms with Gasteiger partial charge in [0.25, 0.3) is 0 Å². The van der Waals surface area contributed by atoms with Crippen LogP contribution in [0.5, 0.6) is 0 Å². The van der Waals surface area contributed by atoms with Crippen LogP contribution in [0.3, 0.4) is 0 Å². The lowest BCUT2D eigenvalue weighted by molar-refractivity contribution is 0.0401. The van der Waals surface area contributed by atoms with E-state index in [1.165, 1.54) is 0 Å². The van der Waals surface area contributed by atoms with Gasteiger partial charge in [-0.05, 0) is 19.3 Å². The van der Waals surface area contributed by atoms with Gasteiger partial charge < -0.3 is 19.5 Å². The van der Waals surface area contributed by atoms with Crippen molar-refractivity contribution < 1.29 is 14.2 Å². The van der Waals surface area contributed by atoms with E-state index in [2.05, 4.69) is 26.1 Å². The molecule has 0 aromatic heterocycles. The average molecular weight is 247 g/mol. The molecule has 17 heavy (non-hydrogen) atoms. The topological polar surface area (TPSA) is 39.7 Å². The van der Waals surface area contributed by atoms with Gasteiger partial charge in [0, 0.05) is 32.9 Å². The van der Waals surface area contributed by atoms with Gasteiger partial charge in [0.05, 0.1) is 19.8 Å². The molecular weight excluding hydrogens is 218 g/mol. The van der Waals surface area contributed by atoms with Crippen LogP contribution in [0, 0.1) is 5.92 Å². The lowest BCUT2D eigenvalue weighted by Crippen LogP contribution is -2.33. The first-order valence-corrected chi connectivity index (χ1v) is 6.56. The second-order valence-corrected chi connectivity index (χ2v) is 4.56. The summed E-state index contributed by atoms with van der Waals surface area (Å²) in [6.07, 6.45) is 0.948. The zero-order valence-corrected chi connectivity index (χ0v) is 11.8. The Morgan fingerprint density at radius 1 is 0.882 bits per heavy atom. The fraction of sp³-hybridized carbons (Fsp3) is 1.00. The summed E-state index contributed by atoms with van der Waals surface area (Å²) >= 11 is 0. The smallest absolute Gasteiger partial charge is 0.0701 e. The Kier molecular flexibility index (Phi) is 12.2. The summed E-state index contributed by atoms with van der Waals surface area (Å²) in [5.41, 5.74) is 0. The van der Waals surface area contributed by atoms with E-state index in [0.29, 0.717) is 25.2 Å². The number of methoxy groups -OCH3 is 1. The van der Waals surface area contributed by atoms with E-state index >= 15 is 0 Å². The molecule has 0 bridgehead atoms. The Bertz CT molecular complexity index is 154. The van der Waals surface area contributed by atoms with Crippen molar-refractivity contribution in [2.45, 2.75) is 33.2 Å². The van der Waals surface area contributed by atoms with E-state index in [-0.39, 0.29) is 0 Å². The number of hydrogen-bond acceptors (Lipinski definition) is 4. The maximum atomic E-state index is 5.45. The fourth-order valence-electron chi connectivity index (χ4n) is 1.22. The van der Waals surface area contributed by atoms with Crippen LogP contribution in [0.1, 0.15) is 27.2 Å². The summed E-state index contributed by atoms with van der Waals surface area (Å²) in [4.78, 5) is 0. The van der Waals surface area contributed by atoms with Crippen molar-refractivity contribution in [2.24, 2.45) is 5.92 Å². The Morgan fingerprint density at radius 2 is 1.53 bits per heavy atom. The fourth-order valence-corrected chi connectivity index (χ4v) is 1.22. The summed E-state index contributed by atoms with van der Waals surface area (Å²) < 4.78 is 15.8. The normalized spacial score (nSPS) is 13.2. The molecule has 0 rings (SSSR count). The van der Waals surface area contributed by atoms with Crippen LogP contribution in [0.15, 0.2) is 0 Å². The van der Waals surface area contributed by atoms with Crippen LogP contribution in [0.2, 0.25) is 0 Å². The third-order valence-electron chi connectivity index (χ3n) is 2.72. The van der Waals surface area contributed by atoms with Crippen molar-refractivity contribution in [2.75, 3.05) is 46.7 Å². The first kappa shape index (κ1) is 16.8. The molecule has 0 radical (unpaired) electrons. The second-order valence-electron chi connectivity index (χ2n) is 4.56. The van der Waals surface area contributed by atoms with Crippen LogP contribution in [0.25, 0.3) is 0 Å². The van der Waals surface area contributed by atoms with Gasteiger partial charge in [-0.1, -0.05) is 13.8 Å². The molecule has 0 spiro atoms. The quantitative estimate of drug-likeness (QED) is 0.533. The Balaban J connectivity index is 3.03. The van der Waals surface area contributed by atoms with Gasteiger partial charge in [-0.25, -0.2) is 0 Å². The molecule has 0 aromatic carbocycles. The van der Waals surface area contributed by atoms with Gasteiger partial charge in [-0.2, -0.15) is 0 Å². The molecule has 0 heterocycles. The van der Waals surface area contributed by atoms with E-state index in [1.807, 2.05) is 0 Å². The minimum Gasteiger partial charge on any atom is -0.385 e. The number of hydrogen-bond donors (Lipinski definition) is 1. The lowest BCUT2D eigenvalue weighted by atomic mass is 10.1. The van der Waals surface area contributed by atoms with Crippen molar-refractivity contribution in [3.05, 3.63) is 0 Å². The Hall–Kier alpha value is -0.160. The van der Waals surface area contributed by atoms with Gasteiger partial charge in [0.1, 0.15) is 0 Å². The number of rotatable bonds is 12. The highest BCUT2D eigenvalue weighted by Gasteiger charge is 2.04. The largest absolute Gasteiger partial charge is 0.385 e. The Morgan fingerprint density at radius 3 is 2.12 bits per heavy atom. The second kappa shape index (κ2) is 12.3. The van der Waals surface area contributed by atoms with E-state index < -0.39 is 0 Å². The van der Waals surface area contributed by atoms with Gasteiger partial charge in [-0.3, -0.25) is 0 Å². The highest BCUT2D eigenvalue weighted by molar-refractivity contribution is 4.63. The molecule has 0 fully saturated rings. The van der Waals surface area contributed by atoms with E-state index in [1.54, 1.807) is 7.11 Å². The van der Waals surface area contributed by atoms with Crippen molar-refractivity contribution in [1.82, 2.24) is 5.32 Å². The summed E-state index contributed by atoms with van der Waals surface area (Å²) in [5, 5.41) is 3.42. The Labute approximate surface area is 106 Å². The first-order valence-electron chi connectivity index (χ1n) is 6.56. The molecule has 1 unspecified atom stereocenters. The summed E-state index contributed by atoms with van der Waals surface area (Å²) in [6, 6.07) is 0.545. The molecule has 4 nitrogen and oxygen atoms in total. The highest BCUT2D eigenvalue weighted by atomic mass is 16.5. The van der Waals surface area contributed by atoms with Gasteiger partial charge in [0.2, 0.25) is 0 Å². The van der Waals surface area contributed by atoms with Crippen molar-refractivity contribution in [1.29, 1.82) is 0 Å². The molecule has 0 amide bonds. The van der Waals surface area contributed by atoms with Crippen molar-refractivity contribution >= 4 is 0 Å². The van der Waals surface area contributed by atoms with Crippen molar-refractivity contribution in [3.63, 3.8) is 0 Å². The SMILES string of the molecule is COCCCOCCOCCNC(C)C(C)C. The molecule has 4 heteroatoms. The summed E-state index contributed by atoms with van der Waals surface area (Å²) in [7, 11) is 1.70. The molecule has 1 N–H and O–H groups in total. The average Bonchev–Trinajstić information content (AvgIpc) is 2.31. The monoisotopic (exact) mass is 247 g/mol. The van der Waals surface area contributed by atoms with Crippen LogP contribution in [-0.2, 0) is 14.2 Å². The van der Waals surface area contributed by atoms with E-state index in [9.17, 15) is 0 Å². The first-order chi connectivity index (χ1) is 8.18. The zero-order valence-electron chi connectivity index (χ0n) is 11.8. The molecular formula is C13H29NO3. The predicted molar refractivity (Wildman–Crippen MR) is 70.4 cm³/mol. The van der Waals surface area contributed by atoms with Crippen LogP contribution < -0.4 is 5.32 Å². The minimum absolute atomic E-state index is 0.545.